The number of aliphatic hydroxyl groups excluding tert-OH is 2. The number of carbonyl (C=O) groups excluding carboxylic acids is 1. The van der Waals surface area contributed by atoms with Gasteiger partial charge in [0.25, 0.3) is 5.69 Å². The number of aliphatic hydroxyl groups is 2. The number of aliphatic carboxylic acids is 1. The van der Waals surface area contributed by atoms with E-state index in [0.717, 1.165) is 6.07 Å². The maximum atomic E-state index is 11.5. The molecule has 0 radical (unpaired) electrons. The van der Waals surface area contributed by atoms with Crippen molar-refractivity contribution in [3.8, 4) is 0 Å². The first-order chi connectivity index (χ1) is 11.9. The minimum atomic E-state index is -1.53. The highest BCUT2D eigenvalue weighted by molar-refractivity contribution is 5.72. The van der Waals surface area contributed by atoms with Crippen LogP contribution in [0.4, 0.5) is 10.5 Å². The third kappa shape index (κ3) is 6.65. The Morgan fingerprint density at radius 1 is 1.31 bits per heavy atom. The Balaban J connectivity index is 2.83. The van der Waals surface area contributed by atoms with E-state index in [4.69, 9.17) is 9.84 Å². The fourth-order valence-electron chi connectivity index (χ4n) is 2.08. The molecule has 1 rings (SSSR count). The lowest BCUT2D eigenvalue weighted by atomic mass is 10.00. The molecule has 144 valence electrons. The fraction of sp³-hybridized carbons (Fsp3) is 0.500. The standard InChI is InChI=1S/C16H22N2O8/c1-16(2,3)26-15(23)17-8-12(19)14(22)10-5-4-9(7-13(20)21)11(6-10)18(24)25/h4-6,12,14,19,22H,7-8H2,1-3H3,(H,17,23)(H,20,21). The molecule has 10 heteroatoms. The zero-order chi connectivity index (χ0) is 20.1. The van der Waals surface area contributed by atoms with E-state index in [-0.39, 0.29) is 17.7 Å². The first-order valence-corrected chi connectivity index (χ1v) is 7.72. The van der Waals surface area contributed by atoms with Crippen molar-refractivity contribution in [3.05, 3.63) is 39.4 Å². The molecule has 0 bridgehead atoms. The van der Waals surface area contributed by atoms with E-state index in [9.17, 15) is 29.9 Å². The Labute approximate surface area is 149 Å². The lowest BCUT2D eigenvalue weighted by molar-refractivity contribution is -0.385. The molecule has 0 saturated heterocycles. The zero-order valence-electron chi connectivity index (χ0n) is 14.6. The topological polar surface area (TPSA) is 159 Å². The van der Waals surface area contributed by atoms with Crippen LogP contribution in [0.2, 0.25) is 0 Å². The number of hydrogen-bond donors (Lipinski definition) is 4. The Bertz CT molecular complexity index is 683. The van der Waals surface area contributed by atoms with Crippen molar-refractivity contribution in [3.63, 3.8) is 0 Å². The van der Waals surface area contributed by atoms with Gasteiger partial charge >= 0.3 is 12.1 Å². The number of carboxylic acids is 1. The summed E-state index contributed by atoms with van der Waals surface area (Å²) in [5.74, 6) is -1.23. The maximum absolute atomic E-state index is 11.5. The van der Waals surface area contributed by atoms with Crippen LogP contribution in [0.15, 0.2) is 18.2 Å². The largest absolute Gasteiger partial charge is 0.481 e. The van der Waals surface area contributed by atoms with Crippen molar-refractivity contribution in [2.24, 2.45) is 0 Å². The Morgan fingerprint density at radius 2 is 1.92 bits per heavy atom. The van der Waals surface area contributed by atoms with Crippen LogP contribution in [-0.4, -0.2) is 50.6 Å². The van der Waals surface area contributed by atoms with Gasteiger partial charge in [0.2, 0.25) is 0 Å². The molecule has 0 aliphatic carbocycles. The predicted octanol–water partition coefficient (Wildman–Crippen LogP) is 1.14. The first-order valence-electron chi connectivity index (χ1n) is 7.72. The molecule has 0 spiro atoms. The highest BCUT2D eigenvalue weighted by atomic mass is 16.6. The number of ether oxygens (including phenoxy) is 1. The molecule has 2 unspecified atom stereocenters. The van der Waals surface area contributed by atoms with Gasteiger partial charge in [0, 0.05) is 18.2 Å². The van der Waals surface area contributed by atoms with E-state index in [0.29, 0.717) is 0 Å². The Kier molecular flexibility index (Phi) is 7.04. The van der Waals surface area contributed by atoms with E-state index in [2.05, 4.69) is 5.32 Å². The smallest absolute Gasteiger partial charge is 0.407 e. The predicted molar refractivity (Wildman–Crippen MR) is 89.6 cm³/mol. The lowest BCUT2D eigenvalue weighted by Crippen LogP contribution is -2.38. The van der Waals surface area contributed by atoms with Crippen LogP contribution in [0.5, 0.6) is 0 Å². The van der Waals surface area contributed by atoms with Gasteiger partial charge in [-0.1, -0.05) is 12.1 Å². The number of carbonyl (C=O) groups is 2. The van der Waals surface area contributed by atoms with E-state index in [1.54, 1.807) is 20.8 Å². The van der Waals surface area contributed by atoms with Crippen molar-refractivity contribution in [2.75, 3.05) is 6.54 Å². The average molecular weight is 370 g/mol. The van der Waals surface area contributed by atoms with E-state index in [1.807, 2.05) is 0 Å². The van der Waals surface area contributed by atoms with Crippen LogP contribution < -0.4 is 5.32 Å². The molecule has 0 fully saturated rings. The SMILES string of the molecule is CC(C)(C)OC(=O)NCC(O)C(O)c1ccc(CC(=O)O)c([N+](=O)[O-])c1. The number of amides is 1. The maximum Gasteiger partial charge on any atom is 0.407 e. The molecule has 10 nitrogen and oxygen atoms in total. The number of hydrogen-bond acceptors (Lipinski definition) is 7. The van der Waals surface area contributed by atoms with Crippen molar-refractivity contribution in [1.82, 2.24) is 5.32 Å². The first kappa shape index (κ1) is 21.3. The summed E-state index contributed by atoms with van der Waals surface area (Å²) in [6, 6.07) is 3.49. The number of benzene rings is 1. The quantitative estimate of drug-likeness (QED) is 0.411. The van der Waals surface area contributed by atoms with E-state index in [1.165, 1.54) is 12.1 Å². The summed E-state index contributed by atoms with van der Waals surface area (Å²) in [5.41, 5.74) is -1.21. The van der Waals surface area contributed by atoms with Crippen LogP contribution in [-0.2, 0) is 16.0 Å². The van der Waals surface area contributed by atoms with Crippen LogP contribution in [0.1, 0.15) is 38.0 Å². The second-order valence-electron chi connectivity index (χ2n) is 6.61. The normalized spacial score (nSPS) is 13.6. The number of nitrogens with one attached hydrogen (secondary N) is 1. The molecule has 1 amide bonds. The molecule has 0 heterocycles. The van der Waals surface area contributed by atoms with Gasteiger partial charge in [-0.3, -0.25) is 14.9 Å². The van der Waals surface area contributed by atoms with Gasteiger partial charge in [0.15, 0.2) is 0 Å². The van der Waals surface area contributed by atoms with E-state index >= 15 is 0 Å². The fourth-order valence-corrected chi connectivity index (χ4v) is 2.08. The van der Waals surface area contributed by atoms with Crippen LogP contribution in [0.3, 0.4) is 0 Å². The summed E-state index contributed by atoms with van der Waals surface area (Å²) < 4.78 is 4.99. The van der Waals surface area contributed by atoms with Crippen molar-refractivity contribution >= 4 is 17.7 Å². The van der Waals surface area contributed by atoms with Gasteiger partial charge < -0.3 is 25.4 Å². The molecule has 0 aromatic heterocycles. The second kappa shape index (κ2) is 8.59. The number of carboxylic acid groups (broad SMARTS) is 1. The minimum Gasteiger partial charge on any atom is -0.481 e. The van der Waals surface area contributed by atoms with Gasteiger partial charge in [-0.05, 0) is 26.3 Å². The van der Waals surface area contributed by atoms with Gasteiger partial charge in [-0.2, -0.15) is 0 Å². The number of nitro benzene ring substituents is 1. The van der Waals surface area contributed by atoms with Crippen LogP contribution >= 0.6 is 0 Å². The molecule has 0 saturated carbocycles. The van der Waals surface area contributed by atoms with Gasteiger partial charge in [-0.15, -0.1) is 0 Å². The summed E-state index contributed by atoms with van der Waals surface area (Å²) in [5, 5.41) is 42.3. The third-order valence-corrected chi connectivity index (χ3v) is 3.21. The summed E-state index contributed by atoms with van der Waals surface area (Å²) >= 11 is 0. The number of rotatable bonds is 7. The molecule has 0 aliphatic rings. The van der Waals surface area contributed by atoms with Crippen molar-refractivity contribution < 1.29 is 34.6 Å². The number of nitro groups is 1. The molecule has 4 N–H and O–H groups in total. The van der Waals surface area contributed by atoms with E-state index < -0.39 is 46.9 Å². The van der Waals surface area contributed by atoms with Crippen molar-refractivity contribution in [1.29, 1.82) is 0 Å². The van der Waals surface area contributed by atoms with Gasteiger partial charge in [-0.25, -0.2) is 4.79 Å². The summed E-state index contributed by atoms with van der Waals surface area (Å²) in [6.45, 7) is 4.64. The molecular weight excluding hydrogens is 348 g/mol. The van der Waals surface area contributed by atoms with Gasteiger partial charge in [0.1, 0.15) is 17.8 Å². The Hall–Kier alpha value is -2.72. The van der Waals surface area contributed by atoms with Gasteiger partial charge in [0.05, 0.1) is 11.3 Å². The second-order valence-corrected chi connectivity index (χ2v) is 6.61. The molecule has 2 atom stereocenters. The highest BCUT2D eigenvalue weighted by Crippen LogP contribution is 2.26. The van der Waals surface area contributed by atoms with Crippen LogP contribution in [0, 0.1) is 10.1 Å². The monoisotopic (exact) mass is 370 g/mol. The molecule has 26 heavy (non-hydrogen) atoms. The average Bonchev–Trinajstić information content (AvgIpc) is 2.49. The molecule has 0 aliphatic heterocycles. The molecular formula is C16H22N2O8. The summed E-state index contributed by atoms with van der Waals surface area (Å²) in [4.78, 5) is 32.6. The van der Waals surface area contributed by atoms with Crippen LogP contribution in [0.25, 0.3) is 0 Å². The lowest BCUT2D eigenvalue weighted by Gasteiger charge is -2.22. The van der Waals surface area contributed by atoms with Crippen molar-refractivity contribution in [2.45, 2.75) is 45.0 Å². The Morgan fingerprint density at radius 3 is 2.42 bits per heavy atom. The molecule has 1 aromatic carbocycles. The summed E-state index contributed by atoms with van der Waals surface area (Å²) in [7, 11) is 0. The summed E-state index contributed by atoms with van der Waals surface area (Å²) in [6.07, 6.45) is -4.31. The highest BCUT2D eigenvalue weighted by Gasteiger charge is 2.24. The zero-order valence-corrected chi connectivity index (χ0v) is 14.6. The molecule has 1 aromatic rings. The third-order valence-electron chi connectivity index (χ3n) is 3.21. The number of nitrogens with zero attached hydrogens (tertiary/aromatic N) is 1. The number of alkyl carbamates (subject to hydrolysis) is 1. The minimum absolute atomic E-state index is 0.0179.